The number of aryl methyl sites for hydroxylation is 1. The molecule has 0 saturated carbocycles. The van der Waals surface area contributed by atoms with Gasteiger partial charge in [0, 0.05) is 18.7 Å². The monoisotopic (exact) mass is 341 g/mol. The van der Waals surface area contributed by atoms with Gasteiger partial charge >= 0.3 is 0 Å². The van der Waals surface area contributed by atoms with E-state index in [4.69, 9.17) is 5.73 Å². The van der Waals surface area contributed by atoms with Gasteiger partial charge in [-0.25, -0.2) is 0 Å². The number of nitrogens with one attached hydrogen (secondary N) is 2. The molecule has 0 heterocycles. The van der Waals surface area contributed by atoms with Crippen LogP contribution in [-0.4, -0.2) is 29.5 Å². The molecule has 5 N–H and O–H groups in total. The Bertz CT molecular complexity index is 729. The minimum Gasteiger partial charge on any atom is -0.508 e. The molecule has 2 aromatic carbocycles. The fraction of sp³-hybridized carbons (Fsp3) is 0.263. The highest BCUT2D eigenvalue weighted by Gasteiger charge is 2.14. The molecule has 0 aliphatic rings. The van der Waals surface area contributed by atoms with E-state index in [1.165, 1.54) is 0 Å². The van der Waals surface area contributed by atoms with Crippen molar-refractivity contribution in [3.8, 4) is 5.75 Å². The van der Waals surface area contributed by atoms with Crippen LogP contribution in [0.5, 0.6) is 5.75 Å². The molecule has 132 valence electrons. The summed E-state index contributed by atoms with van der Waals surface area (Å²) in [5, 5.41) is 14.7. The molecule has 2 rings (SSSR count). The first kappa shape index (κ1) is 18.5. The standard InChI is InChI=1S/C19H23N3O3/c1-13-3-2-4-15(11-13)22-18(24)9-10-21-19(25)17(20)12-14-5-7-16(23)8-6-14/h2-8,11,17,23H,9-10,12,20H2,1H3,(H,21,25)(H,22,24)/t17-/m0/s1. The maximum Gasteiger partial charge on any atom is 0.237 e. The topological polar surface area (TPSA) is 104 Å². The number of phenolic OH excluding ortho intramolecular Hbond substituents is 1. The van der Waals surface area contributed by atoms with Gasteiger partial charge < -0.3 is 21.5 Å². The van der Waals surface area contributed by atoms with Crippen LogP contribution in [0.2, 0.25) is 0 Å². The lowest BCUT2D eigenvalue weighted by Gasteiger charge is -2.12. The van der Waals surface area contributed by atoms with E-state index in [1.54, 1.807) is 24.3 Å². The van der Waals surface area contributed by atoms with Crippen LogP contribution in [0, 0.1) is 6.92 Å². The molecular formula is C19H23N3O3. The normalized spacial score (nSPS) is 11.6. The second kappa shape index (κ2) is 8.84. The number of phenols is 1. The van der Waals surface area contributed by atoms with Crippen LogP contribution in [0.25, 0.3) is 0 Å². The van der Waals surface area contributed by atoms with Gasteiger partial charge in [0.25, 0.3) is 0 Å². The summed E-state index contributed by atoms with van der Waals surface area (Å²) in [6, 6.07) is 13.4. The molecule has 1 atom stereocenters. The van der Waals surface area contributed by atoms with E-state index in [0.29, 0.717) is 6.42 Å². The van der Waals surface area contributed by atoms with Gasteiger partial charge in [-0.05, 0) is 48.7 Å². The summed E-state index contributed by atoms with van der Waals surface area (Å²) in [5.41, 5.74) is 8.53. The molecule has 0 saturated heterocycles. The first-order chi connectivity index (χ1) is 11.9. The van der Waals surface area contributed by atoms with Gasteiger partial charge in [-0.15, -0.1) is 0 Å². The van der Waals surface area contributed by atoms with Crippen molar-refractivity contribution in [3.05, 3.63) is 59.7 Å². The smallest absolute Gasteiger partial charge is 0.237 e. The number of nitrogens with two attached hydrogens (primary N) is 1. The summed E-state index contributed by atoms with van der Waals surface area (Å²) in [6.07, 6.45) is 0.535. The number of benzene rings is 2. The maximum absolute atomic E-state index is 12.0. The van der Waals surface area contributed by atoms with Crippen LogP contribution < -0.4 is 16.4 Å². The first-order valence-corrected chi connectivity index (χ1v) is 8.12. The van der Waals surface area contributed by atoms with Crippen molar-refractivity contribution < 1.29 is 14.7 Å². The molecule has 0 bridgehead atoms. The van der Waals surface area contributed by atoms with Crippen molar-refractivity contribution in [3.63, 3.8) is 0 Å². The van der Waals surface area contributed by atoms with E-state index in [-0.39, 0.29) is 30.5 Å². The van der Waals surface area contributed by atoms with Crippen molar-refractivity contribution in [1.82, 2.24) is 5.32 Å². The van der Waals surface area contributed by atoms with E-state index >= 15 is 0 Å². The van der Waals surface area contributed by atoms with Crippen LogP contribution in [0.4, 0.5) is 5.69 Å². The molecule has 0 aliphatic carbocycles. The molecule has 2 aromatic rings. The van der Waals surface area contributed by atoms with Gasteiger partial charge in [-0.2, -0.15) is 0 Å². The quantitative estimate of drug-likeness (QED) is 0.615. The van der Waals surface area contributed by atoms with Crippen LogP contribution in [-0.2, 0) is 16.0 Å². The van der Waals surface area contributed by atoms with E-state index < -0.39 is 6.04 Å². The summed E-state index contributed by atoms with van der Waals surface area (Å²) in [4.78, 5) is 23.9. The lowest BCUT2D eigenvalue weighted by molar-refractivity contribution is -0.122. The fourth-order valence-corrected chi connectivity index (χ4v) is 2.36. The number of hydrogen-bond donors (Lipinski definition) is 4. The predicted octanol–water partition coefficient (Wildman–Crippen LogP) is 1.72. The Morgan fingerprint density at radius 2 is 1.88 bits per heavy atom. The number of carbonyl (C=O) groups is 2. The average molecular weight is 341 g/mol. The van der Waals surface area contributed by atoms with E-state index in [0.717, 1.165) is 16.8 Å². The van der Waals surface area contributed by atoms with E-state index in [2.05, 4.69) is 10.6 Å². The highest BCUT2D eigenvalue weighted by Crippen LogP contribution is 2.11. The molecule has 0 aliphatic heterocycles. The molecule has 0 aromatic heterocycles. The zero-order valence-corrected chi connectivity index (χ0v) is 14.2. The Morgan fingerprint density at radius 3 is 2.56 bits per heavy atom. The average Bonchev–Trinajstić information content (AvgIpc) is 2.56. The second-order valence-electron chi connectivity index (χ2n) is 5.94. The summed E-state index contributed by atoms with van der Waals surface area (Å²) >= 11 is 0. The Balaban J connectivity index is 1.72. The predicted molar refractivity (Wildman–Crippen MR) is 97.2 cm³/mol. The number of rotatable bonds is 7. The Labute approximate surface area is 147 Å². The van der Waals surface area contributed by atoms with Gasteiger partial charge in [0.2, 0.25) is 11.8 Å². The van der Waals surface area contributed by atoms with Gasteiger partial charge in [-0.1, -0.05) is 24.3 Å². The summed E-state index contributed by atoms with van der Waals surface area (Å²) in [5.74, 6) is -0.309. The fourth-order valence-electron chi connectivity index (χ4n) is 2.36. The van der Waals surface area contributed by atoms with Crippen molar-refractivity contribution in [1.29, 1.82) is 0 Å². The van der Waals surface area contributed by atoms with Crippen LogP contribution in [0.3, 0.4) is 0 Å². The molecule has 25 heavy (non-hydrogen) atoms. The van der Waals surface area contributed by atoms with Crippen molar-refractivity contribution >= 4 is 17.5 Å². The van der Waals surface area contributed by atoms with Gasteiger partial charge in [-0.3, -0.25) is 9.59 Å². The molecule has 0 fully saturated rings. The van der Waals surface area contributed by atoms with Gasteiger partial charge in [0.1, 0.15) is 5.75 Å². The Morgan fingerprint density at radius 1 is 1.16 bits per heavy atom. The zero-order chi connectivity index (χ0) is 18.2. The lowest BCUT2D eigenvalue weighted by Crippen LogP contribution is -2.42. The summed E-state index contributed by atoms with van der Waals surface area (Å²) < 4.78 is 0. The van der Waals surface area contributed by atoms with Crippen molar-refractivity contribution in [2.24, 2.45) is 5.73 Å². The number of amides is 2. The molecule has 6 heteroatoms. The Kier molecular flexibility index (Phi) is 6.54. The minimum atomic E-state index is -0.704. The largest absolute Gasteiger partial charge is 0.508 e. The summed E-state index contributed by atoms with van der Waals surface area (Å²) in [6.45, 7) is 2.17. The third-order valence-electron chi connectivity index (χ3n) is 3.68. The lowest BCUT2D eigenvalue weighted by atomic mass is 10.1. The third-order valence-corrected chi connectivity index (χ3v) is 3.68. The first-order valence-electron chi connectivity index (χ1n) is 8.12. The minimum absolute atomic E-state index is 0.168. The van der Waals surface area contributed by atoms with Crippen molar-refractivity contribution in [2.75, 3.05) is 11.9 Å². The van der Waals surface area contributed by atoms with Crippen LogP contribution >= 0.6 is 0 Å². The molecule has 6 nitrogen and oxygen atoms in total. The molecular weight excluding hydrogens is 318 g/mol. The number of hydrogen-bond acceptors (Lipinski definition) is 4. The Hall–Kier alpha value is -2.86. The number of aromatic hydroxyl groups is 1. The highest BCUT2D eigenvalue weighted by molar-refractivity contribution is 5.91. The maximum atomic E-state index is 12.0. The van der Waals surface area contributed by atoms with Crippen molar-refractivity contribution in [2.45, 2.75) is 25.8 Å². The highest BCUT2D eigenvalue weighted by atomic mass is 16.3. The number of anilines is 1. The molecule has 0 spiro atoms. The second-order valence-corrected chi connectivity index (χ2v) is 5.94. The van der Waals surface area contributed by atoms with Crippen LogP contribution in [0.15, 0.2) is 48.5 Å². The molecule has 0 unspecified atom stereocenters. The van der Waals surface area contributed by atoms with Crippen LogP contribution in [0.1, 0.15) is 17.5 Å². The van der Waals surface area contributed by atoms with Gasteiger partial charge in [0.05, 0.1) is 6.04 Å². The SMILES string of the molecule is Cc1cccc(NC(=O)CCNC(=O)[C@@H](N)Cc2ccc(O)cc2)c1. The zero-order valence-electron chi connectivity index (χ0n) is 14.2. The molecule has 0 radical (unpaired) electrons. The van der Waals surface area contributed by atoms with E-state index in [9.17, 15) is 14.7 Å². The third kappa shape index (κ3) is 6.27. The van der Waals surface area contributed by atoms with E-state index in [1.807, 2.05) is 31.2 Å². The number of carbonyl (C=O) groups excluding carboxylic acids is 2. The summed E-state index contributed by atoms with van der Waals surface area (Å²) in [7, 11) is 0. The van der Waals surface area contributed by atoms with Gasteiger partial charge in [0.15, 0.2) is 0 Å². The molecule has 2 amide bonds.